The van der Waals surface area contributed by atoms with Crippen molar-refractivity contribution in [3.8, 4) is 0 Å². The van der Waals surface area contributed by atoms with Crippen LogP contribution in [0.15, 0.2) is 0 Å². The molecule has 0 aromatic heterocycles. The Kier molecular flexibility index (Phi) is 5.72. The fraction of sp³-hybridized carbons (Fsp3) is 1.00. The predicted octanol–water partition coefficient (Wildman–Crippen LogP) is 5.71. The van der Waals surface area contributed by atoms with Crippen LogP contribution in [-0.4, -0.2) is 0 Å². The highest BCUT2D eigenvalue weighted by Crippen LogP contribution is 2.34. The van der Waals surface area contributed by atoms with E-state index in [1.54, 1.807) is 32.1 Å². The quantitative estimate of drug-likeness (QED) is 0.561. The van der Waals surface area contributed by atoms with Crippen LogP contribution in [0.3, 0.4) is 0 Å². The summed E-state index contributed by atoms with van der Waals surface area (Å²) in [4.78, 5) is 0. The van der Waals surface area contributed by atoms with E-state index in [9.17, 15) is 0 Å². The second kappa shape index (κ2) is 7.35. The highest BCUT2D eigenvalue weighted by atomic mass is 14.3. The maximum absolute atomic E-state index is 1.58. The average Bonchev–Trinajstić information content (AvgIpc) is 2.80. The normalized spacial score (nSPS) is 27.0. The van der Waals surface area contributed by atoms with Crippen molar-refractivity contribution in [3.63, 3.8) is 0 Å². The van der Waals surface area contributed by atoms with Gasteiger partial charge in [0.1, 0.15) is 0 Å². The molecule has 2 aliphatic carbocycles. The van der Waals surface area contributed by atoms with Gasteiger partial charge in [-0.15, -0.1) is 0 Å². The standard InChI is InChI=1S/C16H30/c1-2-4-6-10-15(11-7-5-3-1)14-16-12-8-9-13-16/h15-16H,1-14H2. The van der Waals surface area contributed by atoms with Crippen LogP contribution in [0.5, 0.6) is 0 Å². The molecule has 0 heteroatoms. The molecule has 0 aromatic rings. The molecule has 0 unspecified atom stereocenters. The van der Waals surface area contributed by atoms with Gasteiger partial charge in [-0.3, -0.25) is 0 Å². The Labute approximate surface area is 102 Å². The number of hydrogen-bond acceptors (Lipinski definition) is 0. The van der Waals surface area contributed by atoms with Gasteiger partial charge in [0.15, 0.2) is 0 Å². The molecule has 2 fully saturated rings. The first-order chi connectivity index (χ1) is 7.95. The smallest absolute Gasteiger partial charge is 0.0412 e. The van der Waals surface area contributed by atoms with Gasteiger partial charge in [0.05, 0.1) is 0 Å². The molecule has 0 aliphatic heterocycles. The minimum atomic E-state index is 1.10. The molecule has 16 heavy (non-hydrogen) atoms. The van der Waals surface area contributed by atoms with Crippen LogP contribution in [0.4, 0.5) is 0 Å². The van der Waals surface area contributed by atoms with Gasteiger partial charge in [0, 0.05) is 0 Å². The SMILES string of the molecule is C1CCCCC(CC2CCCC2)CCCC1. The minimum absolute atomic E-state index is 1.10. The van der Waals surface area contributed by atoms with E-state index in [1.807, 2.05) is 0 Å². The minimum Gasteiger partial charge on any atom is -0.0533 e. The predicted molar refractivity (Wildman–Crippen MR) is 71.6 cm³/mol. The van der Waals surface area contributed by atoms with E-state index in [1.165, 1.54) is 57.8 Å². The van der Waals surface area contributed by atoms with Crippen LogP contribution in [0, 0.1) is 11.8 Å². The number of rotatable bonds is 2. The molecule has 2 aliphatic rings. The summed E-state index contributed by atoms with van der Waals surface area (Å²) in [7, 11) is 0. The van der Waals surface area contributed by atoms with Crippen LogP contribution in [0.25, 0.3) is 0 Å². The van der Waals surface area contributed by atoms with Crippen LogP contribution in [0.1, 0.15) is 89.9 Å². The van der Waals surface area contributed by atoms with E-state index >= 15 is 0 Å². The van der Waals surface area contributed by atoms with E-state index in [-0.39, 0.29) is 0 Å². The van der Waals surface area contributed by atoms with Crippen molar-refractivity contribution < 1.29 is 0 Å². The third kappa shape index (κ3) is 4.47. The van der Waals surface area contributed by atoms with Crippen molar-refractivity contribution in [2.45, 2.75) is 89.9 Å². The zero-order valence-electron chi connectivity index (χ0n) is 11.1. The Hall–Kier alpha value is 0. The van der Waals surface area contributed by atoms with Crippen molar-refractivity contribution in [2.75, 3.05) is 0 Å². The Morgan fingerprint density at radius 3 is 1.19 bits per heavy atom. The first kappa shape index (κ1) is 12.5. The van der Waals surface area contributed by atoms with Gasteiger partial charge < -0.3 is 0 Å². The van der Waals surface area contributed by atoms with Crippen LogP contribution >= 0.6 is 0 Å². The molecule has 0 N–H and O–H groups in total. The van der Waals surface area contributed by atoms with Crippen LogP contribution in [-0.2, 0) is 0 Å². The lowest BCUT2D eigenvalue weighted by atomic mass is 9.85. The molecule has 0 spiro atoms. The lowest BCUT2D eigenvalue weighted by Gasteiger charge is -2.21. The first-order valence-corrected chi connectivity index (χ1v) is 7.95. The summed E-state index contributed by atoms with van der Waals surface area (Å²) in [5.74, 6) is 2.22. The van der Waals surface area contributed by atoms with E-state index in [0.29, 0.717) is 0 Å². The van der Waals surface area contributed by atoms with E-state index in [2.05, 4.69) is 0 Å². The molecular formula is C16H30. The molecule has 0 nitrogen and oxygen atoms in total. The molecule has 0 heterocycles. The van der Waals surface area contributed by atoms with Gasteiger partial charge in [-0.2, -0.15) is 0 Å². The maximum Gasteiger partial charge on any atom is -0.0412 e. The summed E-state index contributed by atoms with van der Waals surface area (Å²) in [6.07, 6.45) is 21.4. The molecule has 0 amide bonds. The summed E-state index contributed by atoms with van der Waals surface area (Å²) in [5.41, 5.74) is 0. The fourth-order valence-electron chi connectivity index (χ4n) is 3.85. The molecule has 0 aromatic carbocycles. The Bertz CT molecular complexity index is 157. The zero-order valence-corrected chi connectivity index (χ0v) is 11.1. The van der Waals surface area contributed by atoms with E-state index < -0.39 is 0 Å². The molecule has 94 valence electrons. The topological polar surface area (TPSA) is 0 Å². The van der Waals surface area contributed by atoms with Gasteiger partial charge in [-0.05, 0) is 18.3 Å². The van der Waals surface area contributed by atoms with Crippen LogP contribution < -0.4 is 0 Å². The maximum atomic E-state index is 1.58. The molecule has 0 bridgehead atoms. The lowest BCUT2D eigenvalue weighted by molar-refractivity contribution is 0.313. The van der Waals surface area contributed by atoms with Crippen molar-refractivity contribution in [1.29, 1.82) is 0 Å². The fourth-order valence-corrected chi connectivity index (χ4v) is 3.85. The van der Waals surface area contributed by atoms with E-state index in [0.717, 1.165) is 11.8 Å². The van der Waals surface area contributed by atoms with Gasteiger partial charge in [-0.1, -0.05) is 83.5 Å². The molecule has 2 rings (SSSR count). The Balaban J connectivity index is 1.70. The summed E-state index contributed by atoms with van der Waals surface area (Å²) in [6, 6.07) is 0. The molecule has 0 radical (unpaired) electrons. The van der Waals surface area contributed by atoms with Crippen LogP contribution in [0.2, 0.25) is 0 Å². The summed E-state index contributed by atoms with van der Waals surface area (Å²) in [6.45, 7) is 0. The summed E-state index contributed by atoms with van der Waals surface area (Å²) < 4.78 is 0. The Morgan fingerprint density at radius 1 is 0.438 bits per heavy atom. The zero-order chi connectivity index (χ0) is 11.1. The second-order valence-corrected chi connectivity index (χ2v) is 6.30. The van der Waals surface area contributed by atoms with Crippen molar-refractivity contribution in [3.05, 3.63) is 0 Å². The largest absolute Gasteiger partial charge is 0.0533 e. The number of hydrogen-bond donors (Lipinski definition) is 0. The van der Waals surface area contributed by atoms with Gasteiger partial charge >= 0.3 is 0 Å². The van der Waals surface area contributed by atoms with Gasteiger partial charge in [0.25, 0.3) is 0 Å². The Morgan fingerprint density at radius 2 is 0.750 bits per heavy atom. The van der Waals surface area contributed by atoms with Crippen molar-refractivity contribution >= 4 is 0 Å². The van der Waals surface area contributed by atoms with Crippen molar-refractivity contribution in [1.82, 2.24) is 0 Å². The highest BCUT2D eigenvalue weighted by Gasteiger charge is 2.20. The summed E-state index contributed by atoms with van der Waals surface area (Å²) >= 11 is 0. The third-order valence-electron chi connectivity index (χ3n) is 4.87. The molecule has 0 saturated heterocycles. The second-order valence-electron chi connectivity index (χ2n) is 6.30. The van der Waals surface area contributed by atoms with Gasteiger partial charge in [-0.25, -0.2) is 0 Å². The van der Waals surface area contributed by atoms with E-state index in [4.69, 9.17) is 0 Å². The third-order valence-corrected chi connectivity index (χ3v) is 4.87. The first-order valence-electron chi connectivity index (χ1n) is 7.95. The summed E-state index contributed by atoms with van der Waals surface area (Å²) in [5, 5.41) is 0. The molecular weight excluding hydrogens is 192 g/mol. The monoisotopic (exact) mass is 222 g/mol. The molecule has 0 atom stereocenters. The highest BCUT2D eigenvalue weighted by molar-refractivity contribution is 4.72. The average molecular weight is 222 g/mol. The van der Waals surface area contributed by atoms with Crippen molar-refractivity contribution in [2.24, 2.45) is 11.8 Å². The molecule has 2 saturated carbocycles. The lowest BCUT2D eigenvalue weighted by Crippen LogP contribution is -2.07. The van der Waals surface area contributed by atoms with Gasteiger partial charge in [0.2, 0.25) is 0 Å².